The fourth-order valence-electron chi connectivity index (χ4n) is 3.62. The fourth-order valence-corrected chi connectivity index (χ4v) is 4.01. The second-order valence-corrected chi connectivity index (χ2v) is 6.47. The Balaban J connectivity index is 2.00. The second-order valence-electron chi connectivity index (χ2n) is 5.93. The molecule has 2 aliphatic rings. The van der Waals surface area contributed by atoms with Gasteiger partial charge in [0.15, 0.2) is 0 Å². The third kappa shape index (κ3) is 1.89. The molecule has 0 fully saturated rings. The lowest BCUT2D eigenvalue weighted by Crippen LogP contribution is -2.06. The summed E-state index contributed by atoms with van der Waals surface area (Å²) < 4.78 is 0. The van der Waals surface area contributed by atoms with Crippen LogP contribution in [-0.4, -0.2) is 10.2 Å². The lowest BCUT2D eigenvalue weighted by molar-refractivity contribution is 0.481. The SMILES string of the molecule is CCCC(C)C1C=C([Si])c2cc3c(cc21)CCC3. The Hall–Kier alpha value is -0.823. The van der Waals surface area contributed by atoms with Crippen molar-refractivity contribution >= 4 is 15.4 Å². The number of benzene rings is 1. The van der Waals surface area contributed by atoms with Crippen LogP contribution in [0.25, 0.3) is 5.20 Å². The molecule has 0 saturated heterocycles. The van der Waals surface area contributed by atoms with Gasteiger partial charge in [0.05, 0.1) is 10.2 Å². The fraction of sp³-hybridized carbons (Fsp3) is 0.529. The molecule has 1 heteroatoms. The van der Waals surface area contributed by atoms with Crippen molar-refractivity contribution in [2.24, 2.45) is 5.92 Å². The summed E-state index contributed by atoms with van der Waals surface area (Å²) in [5.41, 5.74) is 6.22. The highest BCUT2D eigenvalue weighted by atomic mass is 28.1. The Kier molecular flexibility index (Phi) is 3.19. The molecule has 93 valence electrons. The van der Waals surface area contributed by atoms with E-state index in [9.17, 15) is 0 Å². The van der Waals surface area contributed by atoms with Gasteiger partial charge in [-0.3, -0.25) is 0 Å². The van der Waals surface area contributed by atoms with E-state index in [1.807, 2.05) is 0 Å². The molecule has 0 amide bonds. The van der Waals surface area contributed by atoms with Crippen molar-refractivity contribution in [3.05, 3.63) is 40.5 Å². The van der Waals surface area contributed by atoms with Crippen molar-refractivity contribution in [2.75, 3.05) is 0 Å². The van der Waals surface area contributed by atoms with Crippen LogP contribution in [0.1, 0.15) is 61.3 Å². The maximum atomic E-state index is 3.82. The van der Waals surface area contributed by atoms with E-state index in [4.69, 9.17) is 0 Å². The van der Waals surface area contributed by atoms with Gasteiger partial charge in [-0.05, 0) is 47.4 Å². The lowest BCUT2D eigenvalue weighted by Gasteiger charge is -2.19. The minimum atomic E-state index is 0.623. The van der Waals surface area contributed by atoms with Gasteiger partial charge in [0.2, 0.25) is 0 Å². The maximum Gasteiger partial charge on any atom is 0.0716 e. The van der Waals surface area contributed by atoms with E-state index in [0.717, 1.165) is 5.92 Å². The first-order chi connectivity index (χ1) is 8.70. The Morgan fingerprint density at radius 3 is 2.72 bits per heavy atom. The number of allylic oxidation sites excluding steroid dienone is 1. The molecular weight excluding hydrogens is 232 g/mol. The molecular formula is C17H21Si. The van der Waals surface area contributed by atoms with Crippen LogP contribution in [0.3, 0.4) is 0 Å². The first kappa shape index (κ1) is 12.2. The van der Waals surface area contributed by atoms with Crippen molar-refractivity contribution in [1.82, 2.24) is 0 Å². The van der Waals surface area contributed by atoms with Gasteiger partial charge in [-0.15, -0.1) is 0 Å². The van der Waals surface area contributed by atoms with Crippen molar-refractivity contribution < 1.29 is 0 Å². The molecule has 0 bridgehead atoms. The first-order valence-corrected chi connectivity index (χ1v) is 7.80. The maximum absolute atomic E-state index is 3.82. The Bertz CT molecular complexity index is 499. The molecule has 0 nitrogen and oxygen atoms in total. The smallest absolute Gasteiger partial charge is 0.0716 e. The average Bonchev–Trinajstić information content (AvgIpc) is 2.92. The number of fused-ring (bicyclic) bond motifs is 2. The van der Waals surface area contributed by atoms with Crippen LogP contribution in [0, 0.1) is 5.92 Å². The van der Waals surface area contributed by atoms with E-state index in [2.05, 4.69) is 42.3 Å². The predicted molar refractivity (Wildman–Crippen MR) is 79.0 cm³/mol. The van der Waals surface area contributed by atoms with Crippen LogP contribution in [0.5, 0.6) is 0 Å². The molecule has 0 spiro atoms. The summed E-state index contributed by atoms with van der Waals surface area (Å²) in [5, 5.41) is 1.31. The zero-order valence-corrected chi connectivity index (χ0v) is 12.4. The van der Waals surface area contributed by atoms with E-state index < -0.39 is 0 Å². The van der Waals surface area contributed by atoms with Gasteiger partial charge in [0.25, 0.3) is 0 Å². The van der Waals surface area contributed by atoms with Crippen molar-refractivity contribution in [1.29, 1.82) is 0 Å². The summed E-state index contributed by atoms with van der Waals surface area (Å²) in [6, 6.07) is 4.94. The Morgan fingerprint density at radius 1 is 1.28 bits per heavy atom. The van der Waals surface area contributed by atoms with E-state index in [1.54, 1.807) is 16.7 Å². The summed E-state index contributed by atoms with van der Waals surface area (Å²) in [4.78, 5) is 0. The Labute approximate surface area is 114 Å². The third-order valence-corrected chi connectivity index (χ3v) is 5.05. The van der Waals surface area contributed by atoms with Gasteiger partial charge >= 0.3 is 0 Å². The minimum Gasteiger partial charge on any atom is -0.0777 e. The monoisotopic (exact) mass is 253 g/mol. The minimum absolute atomic E-state index is 0.623. The van der Waals surface area contributed by atoms with Crippen molar-refractivity contribution in [3.63, 3.8) is 0 Å². The van der Waals surface area contributed by atoms with Gasteiger partial charge in [-0.1, -0.05) is 50.1 Å². The van der Waals surface area contributed by atoms with E-state index in [1.165, 1.54) is 42.9 Å². The van der Waals surface area contributed by atoms with Crippen LogP contribution in [0.4, 0.5) is 0 Å². The molecule has 1 aromatic carbocycles. The zero-order valence-electron chi connectivity index (χ0n) is 11.4. The number of hydrogen-bond acceptors (Lipinski definition) is 0. The number of aryl methyl sites for hydroxylation is 2. The quantitative estimate of drug-likeness (QED) is 0.708. The van der Waals surface area contributed by atoms with Gasteiger partial charge in [-0.25, -0.2) is 0 Å². The molecule has 2 aliphatic carbocycles. The van der Waals surface area contributed by atoms with Crippen LogP contribution < -0.4 is 0 Å². The standard InChI is InChI=1S/C17H21Si/c1-3-5-11(2)14-10-17(18)16-9-13-7-4-6-12(13)8-15(14)16/h8-11,14H,3-7H2,1-2H3. The second kappa shape index (κ2) is 4.69. The summed E-state index contributed by atoms with van der Waals surface area (Å²) >= 11 is 0. The van der Waals surface area contributed by atoms with Crippen molar-refractivity contribution in [3.8, 4) is 0 Å². The van der Waals surface area contributed by atoms with Gasteiger partial charge < -0.3 is 0 Å². The molecule has 2 unspecified atom stereocenters. The van der Waals surface area contributed by atoms with E-state index in [0.29, 0.717) is 5.92 Å². The molecule has 2 atom stereocenters. The summed E-state index contributed by atoms with van der Waals surface area (Å²) in [5.74, 6) is 1.38. The number of hydrogen-bond donors (Lipinski definition) is 0. The third-order valence-electron chi connectivity index (χ3n) is 4.62. The van der Waals surface area contributed by atoms with E-state index >= 15 is 0 Å². The van der Waals surface area contributed by atoms with E-state index in [-0.39, 0.29) is 0 Å². The number of rotatable bonds is 3. The lowest BCUT2D eigenvalue weighted by atomic mass is 9.85. The highest BCUT2D eigenvalue weighted by molar-refractivity contribution is 6.43. The molecule has 18 heavy (non-hydrogen) atoms. The summed E-state index contributed by atoms with van der Waals surface area (Å²) in [6.07, 6.45) is 8.93. The Morgan fingerprint density at radius 2 is 2.00 bits per heavy atom. The van der Waals surface area contributed by atoms with Crippen LogP contribution in [-0.2, 0) is 12.8 Å². The van der Waals surface area contributed by atoms with Crippen LogP contribution in [0.15, 0.2) is 18.2 Å². The molecule has 1 aromatic rings. The highest BCUT2D eigenvalue weighted by Crippen LogP contribution is 2.42. The topological polar surface area (TPSA) is 0 Å². The molecule has 0 saturated carbocycles. The van der Waals surface area contributed by atoms with Crippen LogP contribution in [0.2, 0.25) is 0 Å². The molecule has 0 heterocycles. The van der Waals surface area contributed by atoms with Crippen molar-refractivity contribution in [2.45, 2.75) is 51.9 Å². The van der Waals surface area contributed by atoms with Gasteiger partial charge in [0.1, 0.15) is 0 Å². The first-order valence-electron chi connectivity index (χ1n) is 7.30. The van der Waals surface area contributed by atoms with Gasteiger partial charge in [0, 0.05) is 5.92 Å². The molecule has 0 aromatic heterocycles. The molecule has 0 aliphatic heterocycles. The molecule has 0 N–H and O–H groups in total. The highest BCUT2D eigenvalue weighted by Gasteiger charge is 2.27. The van der Waals surface area contributed by atoms with Gasteiger partial charge in [-0.2, -0.15) is 0 Å². The predicted octanol–water partition coefficient (Wildman–Crippen LogP) is 4.22. The summed E-state index contributed by atoms with van der Waals surface area (Å²) in [6.45, 7) is 4.68. The molecule has 3 radical (unpaired) electrons. The normalized spacial score (nSPS) is 22.6. The molecule has 3 rings (SSSR count). The average molecular weight is 253 g/mol. The largest absolute Gasteiger partial charge is 0.0777 e. The zero-order chi connectivity index (χ0) is 12.7. The summed E-state index contributed by atoms with van der Waals surface area (Å²) in [7, 11) is 3.82. The van der Waals surface area contributed by atoms with Crippen LogP contribution >= 0.6 is 0 Å².